The topological polar surface area (TPSA) is 40.2 Å². The predicted octanol–water partition coefficient (Wildman–Crippen LogP) is 3.92. The van der Waals surface area contributed by atoms with Gasteiger partial charge in [-0.15, -0.1) is 0 Å². The monoisotopic (exact) mass is 344 g/mol. The number of rotatable bonds is 4. The normalized spacial score (nSPS) is 11.0. The second-order valence-electron chi connectivity index (χ2n) is 4.96. The molecular weight excluding hydrogens is 328 g/mol. The molecule has 0 fully saturated rings. The van der Waals surface area contributed by atoms with Crippen molar-refractivity contribution in [2.75, 3.05) is 7.11 Å². The molecule has 3 nitrogen and oxygen atoms in total. The van der Waals surface area contributed by atoms with Crippen molar-refractivity contribution in [1.29, 1.82) is 0 Å². The van der Waals surface area contributed by atoms with E-state index in [1.165, 1.54) is 16.5 Å². The third-order valence-corrected chi connectivity index (χ3v) is 4.17. The van der Waals surface area contributed by atoms with Gasteiger partial charge in [-0.3, -0.25) is 0 Å². The van der Waals surface area contributed by atoms with E-state index in [1.54, 1.807) is 7.11 Å². The third kappa shape index (κ3) is 2.69. The van der Waals surface area contributed by atoms with Crippen LogP contribution < -0.4 is 10.5 Å². The molecule has 4 heteroatoms. The quantitative estimate of drug-likeness (QED) is 0.779. The van der Waals surface area contributed by atoms with Crippen LogP contribution in [0.3, 0.4) is 0 Å². The smallest absolute Gasteiger partial charge is 0.123 e. The first-order chi connectivity index (χ1) is 10.2. The van der Waals surface area contributed by atoms with Crippen molar-refractivity contribution in [3.05, 3.63) is 64.3 Å². The van der Waals surface area contributed by atoms with Crippen molar-refractivity contribution in [2.45, 2.75) is 13.1 Å². The van der Waals surface area contributed by atoms with E-state index in [0.717, 1.165) is 22.3 Å². The molecule has 108 valence electrons. The standard InChI is InChI=1S/C17H17BrN2O/c1-21-17-7-6-14(18)8-12(17)10-20-11-13(9-19)15-4-2-3-5-16(15)20/h2-8,11H,9-10,19H2,1H3. The average Bonchev–Trinajstić information content (AvgIpc) is 2.86. The van der Waals surface area contributed by atoms with E-state index in [2.05, 4.69) is 51.0 Å². The summed E-state index contributed by atoms with van der Waals surface area (Å²) in [4.78, 5) is 0. The number of ether oxygens (including phenoxy) is 1. The summed E-state index contributed by atoms with van der Waals surface area (Å²) in [6.07, 6.45) is 2.13. The maximum absolute atomic E-state index is 5.86. The molecule has 0 aliphatic carbocycles. The molecule has 21 heavy (non-hydrogen) atoms. The van der Waals surface area contributed by atoms with E-state index in [9.17, 15) is 0 Å². The number of halogens is 1. The number of benzene rings is 2. The first kappa shape index (κ1) is 14.2. The lowest BCUT2D eigenvalue weighted by Gasteiger charge is -2.11. The first-order valence-corrected chi connectivity index (χ1v) is 7.61. The van der Waals surface area contributed by atoms with Gasteiger partial charge in [-0.1, -0.05) is 34.1 Å². The molecule has 2 N–H and O–H groups in total. The maximum Gasteiger partial charge on any atom is 0.123 e. The van der Waals surface area contributed by atoms with Crippen LogP contribution in [0.2, 0.25) is 0 Å². The van der Waals surface area contributed by atoms with Crippen molar-refractivity contribution >= 4 is 26.8 Å². The summed E-state index contributed by atoms with van der Waals surface area (Å²) in [7, 11) is 1.70. The summed E-state index contributed by atoms with van der Waals surface area (Å²) < 4.78 is 8.73. The van der Waals surface area contributed by atoms with Gasteiger partial charge in [-0.05, 0) is 29.8 Å². The summed E-state index contributed by atoms with van der Waals surface area (Å²) >= 11 is 3.52. The zero-order valence-corrected chi connectivity index (χ0v) is 13.4. The van der Waals surface area contributed by atoms with E-state index >= 15 is 0 Å². The second kappa shape index (κ2) is 5.92. The van der Waals surface area contributed by atoms with E-state index in [4.69, 9.17) is 10.5 Å². The Morgan fingerprint density at radius 3 is 2.71 bits per heavy atom. The van der Waals surface area contributed by atoms with Gasteiger partial charge in [-0.25, -0.2) is 0 Å². The molecule has 0 amide bonds. The summed E-state index contributed by atoms with van der Waals surface area (Å²) in [6, 6.07) is 14.4. The van der Waals surface area contributed by atoms with Crippen LogP contribution in [-0.4, -0.2) is 11.7 Å². The minimum absolute atomic E-state index is 0.545. The molecule has 1 aromatic heterocycles. The Kier molecular flexibility index (Phi) is 3.99. The molecular formula is C17H17BrN2O. The molecule has 0 unspecified atom stereocenters. The SMILES string of the molecule is COc1ccc(Br)cc1Cn1cc(CN)c2ccccc21. The van der Waals surface area contributed by atoms with E-state index in [0.29, 0.717) is 6.54 Å². The average molecular weight is 345 g/mol. The number of hydrogen-bond donors (Lipinski definition) is 1. The largest absolute Gasteiger partial charge is 0.496 e. The highest BCUT2D eigenvalue weighted by Gasteiger charge is 2.10. The molecule has 0 saturated heterocycles. The lowest BCUT2D eigenvalue weighted by Crippen LogP contribution is -2.01. The molecule has 3 rings (SSSR count). The van der Waals surface area contributed by atoms with Gasteiger partial charge >= 0.3 is 0 Å². The molecule has 0 aliphatic rings. The lowest BCUT2D eigenvalue weighted by atomic mass is 10.2. The zero-order valence-electron chi connectivity index (χ0n) is 11.8. The van der Waals surface area contributed by atoms with Gasteiger partial charge in [0.25, 0.3) is 0 Å². The maximum atomic E-state index is 5.86. The lowest BCUT2D eigenvalue weighted by molar-refractivity contribution is 0.408. The van der Waals surface area contributed by atoms with Crippen molar-refractivity contribution in [3.8, 4) is 5.75 Å². The molecule has 3 aromatic rings. The minimum atomic E-state index is 0.545. The molecule has 0 bridgehead atoms. The first-order valence-electron chi connectivity index (χ1n) is 6.82. The Balaban J connectivity index is 2.08. The fraction of sp³-hybridized carbons (Fsp3) is 0.176. The highest BCUT2D eigenvalue weighted by Crippen LogP contribution is 2.27. The number of nitrogens with two attached hydrogens (primary N) is 1. The Labute approximate surface area is 132 Å². The number of hydrogen-bond acceptors (Lipinski definition) is 2. The Morgan fingerprint density at radius 1 is 1.14 bits per heavy atom. The molecule has 0 spiro atoms. The molecule has 2 aromatic carbocycles. The number of nitrogens with zero attached hydrogens (tertiary/aromatic N) is 1. The Bertz CT molecular complexity index is 780. The summed E-state index contributed by atoms with van der Waals surface area (Å²) in [5.74, 6) is 0.894. The van der Waals surface area contributed by atoms with Gasteiger partial charge in [0.2, 0.25) is 0 Å². The third-order valence-electron chi connectivity index (χ3n) is 3.67. The highest BCUT2D eigenvalue weighted by atomic mass is 79.9. The van der Waals surface area contributed by atoms with Crippen LogP contribution in [0, 0.1) is 0 Å². The van der Waals surface area contributed by atoms with Gasteiger partial charge in [0, 0.05) is 33.7 Å². The molecule has 0 saturated carbocycles. The van der Waals surface area contributed by atoms with Crippen molar-refractivity contribution in [2.24, 2.45) is 5.73 Å². The van der Waals surface area contributed by atoms with Crippen LogP contribution in [0.15, 0.2) is 53.1 Å². The molecule has 0 aliphatic heterocycles. The van der Waals surface area contributed by atoms with Gasteiger partial charge in [0.15, 0.2) is 0 Å². The minimum Gasteiger partial charge on any atom is -0.496 e. The van der Waals surface area contributed by atoms with Crippen LogP contribution in [0.1, 0.15) is 11.1 Å². The number of aromatic nitrogens is 1. The van der Waals surface area contributed by atoms with E-state index in [1.807, 2.05) is 18.2 Å². The van der Waals surface area contributed by atoms with Gasteiger partial charge < -0.3 is 15.0 Å². The van der Waals surface area contributed by atoms with Gasteiger partial charge in [0.1, 0.15) is 5.75 Å². The fourth-order valence-electron chi connectivity index (χ4n) is 2.67. The van der Waals surface area contributed by atoms with Crippen LogP contribution >= 0.6 is 15.9 Å². The van der Waals surface area contributed by atoms with E-state index in [-0.39, 0.29) is 0 Å². The highest BCUT2D eigenvalue weighted by molar-refractivity contribution is 9.10. The summed E-state index contributed by atoms with van der Waals surface area (Å²) in [5.41, 5.74) is 9.35. The van der Waals surface area contributed by atoms with Crippen LogP contribution in [0.5, 0.6) is 5.75 Å². The number of methoxy groups -OCH3 is 1. The molecule has 0 radical (unpaired) electrons. The molecule has 0 atom stereocenters. The number of fused-ring (bicyclic) bond motifs is 1. The zero-order chi connectivity index (χ0) is 14.8. The fourth-order valence-corrected chi connectivity index (χ4v) is 3.08. The molecule has 1 heterocycles. The van der Waals surface area contributed by atoms with Gasteiger partial charge in [-0.2, -0.15) is 0 Å². The van der Waals surface area contributed by atoms with E-state index < -0.39 is 0 Å². The Hall–Kier alpha value is -1.78. The van der Waals surface area contributed by atoms with Crippen molar-refractivity contribution in [3.63, 3.8) is 0 Å². The number of para-hydroxylation sites is 1. The summed E-state index contributed by atoms with van der Waals surface area (Å²) in [5, 5.41) is 1.22. The Morgan fingerprint density at radius 2 is 1.95 bits per heavy atom. The van der Waals surface area contributed by atoms with Crippen molar-refractivity contribution in [1.82, 2.24) is 4.57 Å². The van der Waals surface area contributed by atoms with Crippen molar-refractivity contribution < 1.29 is 4.74 Å². The van der Waals surface area contributed by atoms with Crippen LogP contribution in [0.4, 0.5) is 0 Å². The van der Waals surface area contributed by atoms with Gasteiger partial charge in [0.05, 0.1) is 13.7 Å². The second-order valence-corrected chi connectivity index (χ2v) is 5.88. The van der Waals surface area contributed by atoms with Crippen LogP contribution in [0.25, 0.3) is 10.9 Å². The van der Waals surface area contributed by atoms with Crippen LogP contribution in [-0.2, 0) is 13.1 Å². The predicted molar refractivity (Wildman–Crippen MR) is 89.6 cm³/mol. The summed E-state index contributed by atoms with van der Waals surface area (Å²) in [6.45, 7) is 1.30.